The minimum atomic E-state index is -0.225. The molecule has 0 amide bonds. The van der Waals surface area contributed by atoms with Crippen molar-refractivity contribution in [2.75, 3.05) is 13.7 Å². The Morgan fingerprint density at radius 1 is 1.11 bits per heavy atom. The van der Waals surface area contributed by atoms with Crippen molar-refractivity contribution < 1.29 is 14.2 Å². The van der Waals surface area contributed by atoms with Crippen LogP contribution in [-0.2, 0) is 4.74 Å². The second-order valence-corrected chi connectivity index (χ2v) is 6.92. The molecule has 1 aliphatic heterocycles. The van der Waals surface area contributed by atoms with E-state index in [2.05, 4.69) is 5.10 Å². The topological polar surface area (TPSA) is 45.5 Å². The average molecular weight is 385 g/mol. The molecule has 27 heavy (non-hydrogen) atoms. The number of aryl methyl sites for hydroxylation is 1. The number of ether oxygens (including phenoxy) is 3. The zero-order chi connectivity index (χ0) is 18.8. The molecule has 1 saturated heterocycles. The van der Waals surface area contributed by atoms with Gasteiger partial charge in [0.15, 0.2) is 17.8 Å². The van der Waals surface area contributed by atoms with E-state index in [9.17, 15) is 0 Å². The molecule has 0 aliphatic carbocycles. The van der Waals surface area contributed by atoms with Crippen LogP contribution in [0.3, 0.4) is 0 Å². The first-order valence-corrected chi connectivity index (χ1v) is 9.31. The van der Waals surface area contributed by atoms with Gasteiger partial charge in [0, 0.05) is 17.0 Å². The normalized spacial score (nSPS) is 16.5. The van der Waals surface area contributed by atoms with Crippen LogP contribution in [0.1, 0.15) is 18.5 Å². The summed E-state index contributed by atoms with van der Waals surface area (Å²) in [6.07, 6.45) is 1.67. The van der Waals surface area contributed by atoms with Gasteiger partial charge in [-0.15, -0.1) is 0 Å². The lowest BCUT2D eigenvalue weighted by atomic mass is 10.1. The minimum Gasteiger partial charge on any atom is -0.493 e. The summed E-state index contributed by atoms with van der Waals surface area (Å²) in [6.45, 7) is 2.71. The molecule has 1 unspecified atom stereocenters. The number of methoxy groups -OCH3 is 1. The van der Waals surface area contributed by atoms with Crippen LogP contribution >= 0.6 is 11.6 Å². The highest BCUT2D eigenvalue weighted by Gasteiger charge is 2.20. The van der Waals surface area contributed by atoms with Crippen molar-refractivity contribution in [1.82, 2.24) is 9.78 Å². The van der Waals surface area contributed by atoms with E-state index < -0.39 is 0 Å². The third kappa shape index (κ3) is 3.80. The average Bonchev–Trinajstić information content (AvgIpc) is 3.32. The molecular formula is C21H21ClN2O3. The maximum atomic E-state index is 6.03. The van der Waals surface area contributed by atoms with Crippen molar-refractivity contribution in [2.45, 2.75) is 26.1 Å². The predicted molar refractivity (Wildman–Crippen MR) is 105 cm³/mol. The number of nitrogens with zero attached hydrogens (tertiary/aromatic N) is 2. The van der Waals surface area contributed by atoms with Gasteiger partial charge in [-0.2, -0.15) is 5.10 Å². The lowest BCUT2D eigenvalue weighted by Gasteiger charge is -2.17. The molecule has 6 heteroatoms. The highest BCUT2D eigenvalue weighted by Crippen LogP contribution is 2.35. The molecule has 2 heterocycles. The van der Waals surface area contributed by atoms with Crippen molar-refractivity contribution in [3.63, 3.8) is 0 Å². The van der Waals surface area contributed by atoms with Crippen LogP contribution in [0, 0.1) is 6.92 Å². The molecule has 0 saturated carbocycles. The van der Waals surface area contributed by atoms with Gasteiger partial charge in [0.1, 0.15) is 0 Å². The SMILES string of the molecule is COc1ccc(-c2cc(C)nn2-c2ccc(Cl)cc2)cc1OC1CCCO1. The van der Waals surface area contributed by atoms with Crippen molar-refractivity contribution in [3.05, 3.63) is 59.2 Å². The van der Waals surface area contributed by atoms with Crippen LogP contribution < -0.4 is 9.47 Å². The Labute approximate surface area is 163 Å². The van der Waals surface area contributed by atoms with E-state index in [0.717, 1.165) is 42.1 Å². The Morgan fingerprint density at radius 3 is 2.63 bits per heavy atom. The van der Waals surface area contributed by atoms with Gasteiger partial charge in [0.05, 0.1) is 30.8 Å². The molecule has 0 bridgehead atoms. The van der Waals surface area contributed by atoms with E-state index in [4.69, 9.17) is 25.8 Å². The molecule has 0 N–H and O–H groups in total. The van der Waals surface area contributed by atoms with Crippen molar-refractivity contribution >= 4 is 11.6 Å². The third-order valence-corrected chi connectivity index (χ3v) is 4.76. The number of benzene rings is 2. The van der Waals surface area contributed by atoms with Gasteiger partial charge in [0.25, 0.3) is 0 Å². The number of rotatable bonds is 5. The van der Waals surface area contributed by atoms with E-state index in [0.29, 0.717) is 16.5 Å². The molecular weight excluding hydrogens is 364 g/mol. The number of halogens is 1. The van der Waals surface area contributed by atoms with Gasteiger partial charge < -0.3 is 14.2 Å². The van der Waals surface area contributed by atoms with Crippen molar-refractivity contribution in [1.29, 1.82) is 0 Å². The van der Waals surface area contributed by atoms with Crippen LogP contribution in [0.15, 0.2) is 48.5 Å². The Balaban J connectivity index is 1.74. The summed E-state index contributed by atoms with van der Waals surface area (Å²) in [5.74, 6) is 1.35. The summed E-state index contributed by atoms with van der Waals surface area (Å²) in [6, 6.07) is 15.6. The van der Waals surface area contributed by atoms with Gasteiger partial charge in [-0.25, -0.2) is 4.68 Å². The molecule has 1 aromatic heterocycles. The summed E-state index contributed by atoms with van der Waals surface area (Å²) in [4.78, 5) is 0. The lowest BCUT2D eigenvalue weighted by molar-refractivity contribution is -0.0402. The monoisotopic (exact) mass is 384 g/mol. The van der Waals surface area contributed by atoms with Crippen LogP contribution in [0.2, 0.25) is 5.02 Å². The molecule has 1 aliphatic rings. The van der Waals surface area contributed by atoms with Crippen molar-refractivity contribution in [3.8, 4) is 28.4 Å². The van der Waals surface area contributed by atoms with Crippen LogP contribution in [0.25, 0.3) is 16.9 Å². The third-order valence-electron chi connectivity index (χ3n) is 4.51. The number of hydrogen-bond donors (Lipinski definition) is 0. The first-order valence-electron chi connectivity index (χ1n) is 8.93. The molecule has 140 valence electrons. The number of hydrogen-bond acceptors (Lipinski definition) is 4. The highest BCUT2D eigenvalue weighted by atomic mass is 35.5. The maximum Gasteiger partial charge on any atom is 0.200 e. The van der Waals surface area contributed by atoms with E-state index >= 15 is 0 Å². The van der Waals surface area contributed by atoms with Gasteiger partial charge in [-0.3, -0.25) is 0 Å². The molecule has 5 nitrogen and oxygen atoms in total. The summed E-state index contributed by atoms with van der Waals surface area (Å²) in [5, 5.41) is 5.33. The van der Waals surface area contributed by atoms with Crippen LogP contribution in [-0.4, -0.2) is 29.8 Å². The van der Waals surface area contributed by atoms with Gasteiger partial charge in [-0.1, -0.05) is 11.6 Å². The summed E-state index contributed by atoms with van der Waals surface area (Å²) in [5.41, 5.74) is 3.83. The fraction of sp³-hybridized carbons (Fsp3) is 0.286. The van der Waals surface area contributed by atoms with Gasteiger partial charge >= 0.3 is 0 Å². The highest BCUT2D eigenvalue weighted by molar-refractivity contribution is 6.30. The van der Waals surface area contributed by atoms with Crippen molar-refractivity contribution in [2.24, 2.45) is 0 Å². The van der Waals surface area contributed by atoms with Gasteiger partial charge in [-0.05, 0) is 61.9 Å². The van der Waals surface area contributed by atoms with E-state index in [1.54, 1.807) is 7.11 Å². The maximum absolute atomic E-state index is 6.03. The zero-order valence-corrected chi connectivity index (χ0v) is 16.1. The second-order valence-electron chi connectivity index (χ2n) is 6.49. The molecule has 0 spiro atoms. The summed E-state index contributed by atoms with van der Waals surface area (Å²) >= 11 is 6.02. The fourth-order valence-corrected chi connectivity index (χ4v) is 3.32. The smallest absolute Gasteiger partial charge is 0.200 e. The van der Waals surface area contributed by atoms with Crippen LogP contribution in [0.4, 0.5) is 0 Å². The summed E-state index contributed by atoms with van der Waals surface area (Å²) < 4.78 is 19.0. The Bertz CT molecular complexity index is 931. The predicted octanol–water partition coefficient (Wildman–Crippen LogP) is 5.03. The molecule has 0 radical (unpaired) electrons. The molecule has 2 aromatic carbocycles. The Morgan fingerprint density at radius 2 is 1.93 bits per heavy atom. The van der Waals surface area contributed by atoms with E-state index in [1.165, 1.54) is 0 Å². The fourth-order valence-electron chi connectivity index (χ4n) is 3.20. The van der Waals surface area contributed by atoms with E-state index in [1.807, 2.05) is 60.1 Å². The molecule has 1 atom stereocenters. The molecule has 4 rings (SSSR count). The minimum absolute atomic E-state index is 0.225. The molecule has 3 aromatic rings. The first kappa shape index (κ1) is 17.9. The van der Waals surface area contributed by atoms with E-state index in [-0.39, 0.29) is 6.29 Å². The quantitative estimate of drug-likeness (QED) is 0.619. The second kappa shape index (κ2) is 7.62. The van der Waals surface area contributed by atoms with Gasteiger partial charge in [0.2, 0.25) is 0 Å². The Kier molecular flexibility index (Phi) is 5.05. The number of aromatic nitrogens is 2. The lowest BCUT2D eigenvalue weighted by Crippen LogP contribution is -2.14. The largest absolute Gasteiger partial charge is 0.493 e. The standard InChI is InChI=1S/C21H21ClN2O3/c1-14-12-18(24(23-14)17-8-6-16(22)7-9-17)15-5-10-19(25-2)20(13-15)27-21-4-3-11-26-21/h5-10,12-13,21H,3-4,11H2,1-2H3. The zero-order valence-electron chi connectivity index (χ0n) is 15.3. The van der Waals surface area contributed by atoms with Crippen LogP contribution in [0.5, 0.6) is 11.5 Å². The first-order chi connectivity index (χ1) is 13.1. The Hall–Kier alpha value is -2.50. The summed E-state index contributed by atoms with van der Waals surface area (Å²) in [7, 11) is 1.64. The molecule has 1 fully saturated rings.